The van der Waals surface area contributed by atoms with E-state index in [1.807, 2.05) is 0 Å². The highest BCUT2D eigenvalue weighted by atomic mass is 16.6. The van der Waals surface area contributed by atoms with Crippen LogP contribution in [0.3, 0.4) is 0 Å². The van der Waals surface area contributed by atoms with Crippen LogP contribution in [0, 0.1) is 0 Å². The number of hydrogen-bond donors (Lipinski definition) is 0. The molecule has 1 unspecified atom stereocenters. The van der Waals surface area contributed by atoms with Gasteiger partial charge < -0.3 is 14.2 Å². The number of carbonyl (C=O) groups excluding carboxylic acids is 3. The number of allylic oxidation sites excluding steroid dienone is 16. The zero-order valence-electron chi connectivity index (χ0n) is 51.4. The molecule has 0 N–H and O–H groups in total. The molecule has 0 rings (SSSR count). The van der Waals surface area contributed by atoms with Gasteiger partial charge in [0, 0.05) is 19.3 Å². The molecule has 0 saturated carbocycles. The van der Waals surface area contributed by atoms with Crippen molar-refractivity contribution in [3.8, 4) is 0 Å². The van der Waals surface area contributed by atoms with Crippen LogP contribution in [0.5, 0.6) is 0 Å². The normalized spacial score (nSPS) is 12.7. The summed E-state index contributed by atoms with van der Waals surface area (Å²) < 4.78 is 16.9. The fourth-order valence-corrected chi connectivity index (χ4v) is 9.37. The Hall–Kier alpha value is -3.67. The van der Waals surface area contributed by atoms with Crippen LogP contribution in [0.2, 0.25) is 0 Å². The van der Waals surface area contributed by atoms with Gasteiger partial charge in [-0.2, -0.15) is 0 Å². The lowest BCUT2D eigenvalue weighted by atomic mass is 10.0. The van der Waals surface area contributed by atoms with Crippen molar-refractivity contribution in [2.75, 3.05) is 13.2 Å². The molecule has 0 heterocycles. The maximum absolute atomic E-state index is 12.9. The second-order valence-corrected chi connectivity index (χ2v) is 22.0. The number of hydrogen-bond acceptors (Lipinski definition) is 6. The molecule has 78 heavy (non-hydrogen) atoms. The third-order valence-corrected chi connectivity index (χ3v) is 14.3. The van der Waals surface area contributed by atoms with Crippen molar-refractivity contribution >= 4 is 17.9 Å². The van der Waals surface area contributed by atoms with E-state index in [4.69, 9.17) is 14.2 Å². The predicted octanol–water partition coefficient (Wildman–Crippen LogP) is 22.8. The summed E-state index contributed by atoms with van der Waals surface area (Å²) in [6, 6.07) is 0. The minimum absolute atomic E-state index is 0.0842. The number of ether oxygens (including phenoxy) is 3. The van der Waals surface area contributed by atoms with Gasteiger partial charge in [0.2, 0.25) is 0 Å². The lowest BCUT2D eigenvalue weighted by molar-refractivity contribution is -0.167. The van der Waals surface area contributed by atoms with Gasteiger partial charge in [-0.05, 0) is 96.3 Å². The zero-order valence-corrected chi connectivity index (χ0v) is 51.4. The highest BCUT2D eigenvalue weighted by Crippen LogP contribution is 2.17. The SMILES string of the molecule is CC/C=C\C/C=C\C/C=C\C/C=C\C/C=C\C/C=C\CCCCCCCCCCC(=O)OCC(COC(=O)CCCCCCC/C=C\C/C=C\CCC)OC(=O)CCCCCCCCCCCCCCCCCCCCCC. The standard InChI is InChI=1S/C72H124O6/c1-4-7-10-13-16-19-22-25-27-29-31-33-34-35-36-37-38-39-41-42-44-47-50-53-56-59-62-65-71(74)77-68-69(67-76-70(73)64-61-58-55-52-49-46-24-21-18-15-12-9-6-3)78-72(75)66-63-60-57-54-51-48-45-43-40-32-30-28-26-23-20-17-14-11-8-5-2/h7,10,12,15-16,19,21,24-25,27,31,33,35-36,38-39,69H,4-6,8-9,11,13-14,17-18,20,22-23,26,28-30,32,34,37,40-68H2,1-3H3/b10-7-,15-12-,19-16-,24-21-,27-25-,33-31-,36-35-,39-38-. The van der Waals surface area contributed by atoms with Crippen molar-refractivity contribution < 1.29 is 28.6 Å². The van der Waals surface area contributed by atoms with Crippen LogP contribution in [0.15, 0.2) is 97.2 Å². The Kier molecular flexibility index (Phi) is 62.7. The summed E-state index contributed by atoms with van der Waals surface area (Å²) in [5.74, 6) is -0.892. The smallest absolute Gasteiger partial charge is 0.306 e. The first-order valence-corrected chi connectivity index (χ1v) is 33.2. The topological polar surface area (TPSA) is 78.9 Å². The van der Waals surface area contributed by atoms with Crippen LogP contribution in [0.25, 0.3) is 0 Å². The highest BCUT2D eigenvalue weighted by molar-refractivity contribution is 5.71. The summed E-state index contributed by atoms with van der Waals surface area (Å²) in [4.78, 5) is 38.3. The maximum Gasteiger partial charge on any atom is 0.306 e. The van der Waals surface area contributed by atoms with Crippen molar-refractivity contribution in [3.05, 3.63) is 97.2 Å². The number of esters is 3. The van der Waals surface area contributed by atoms with E-state index >= 15 is 0 Å². The quantitative estimate of drug-likeness (QED) is 0.0261. The minimum Gasteiger partial charge on any atom is -0.462 e. The first kappa shape index (κ1) is 74.3. The van der Waals surface area contributed by atoms with E-state index in [0.29, 0.717) is 19.3 Å². The van der Waals surface area contributed by atoms with E-state index in [9.17, 15) is 14.4 Å². The fraction of sp³-hybridized carbons (Fsp3) is 0.736. The van der Waals surface area contributed by atoms with Crippen molar-refractivity contribution in [1.82, 2.24) is 0 Å². The van der Waals surface area contributed by atoms with Gasteiger partial charge in [-0.1, -0.05) is 304 Å². The first-order chi connectivity index (χ1) is 38.5. The molecule has 0 aromatic carbocycles. The number of rotatable bonds is 60. The molecule has 6 nitrogen and oxygen atoms in total. The van der Waals surface area contributed by atoms with Crippen LogP contribution in [0.4, 0.5) is 0 Å². The van der Waals surface area contributed by atoms with Gasteiger partial charge >= 0.3 is 17.9 Å². The van der Waals surface area contributed by atoms with Gasteiger partial charge in [-0.3, -0.25) is 14.4 Å². The van der Waals surface area contributed by atoms with Crippen LogP contribution < -0.4 is 0 Å². The Balaban J connectivity index is 4.32. The average Bonchev–Trinajstić information content (AvgIpc) is 3.44. The van der Waals surface area contributed by atoms with E-state index in [0.717, 1.165) is 135 Å². The molecular formula is C72H124O6. The Morgan fingerprint density at radius 3 is 0.833 bits per heavy atom. The third-order valence-electron chi connectivity index (χ3n) is 14.3. The molecule has 1 atom stereocenters. The molecule has 0 aliphatic heterocycles. The molecule has 0 spiro atoms. The maximum atomic E-state index is 12.9. The number of unbranched alkanes of at least 4 members (excludes halogenated alkanes) is 33. The van der Waals surface area contributed by atoms with Gasteiger partial charge in [-0.15, -0.1) is 0 Å². The summed E-state index contributed by atoms with van der Waals surface area (Å²) in [7, 11) is 0. The Labute approximate surface area is 483 Å². The Morgan fingerprint density at radius 1 is 0.269 bits per heavy atom. The second kappa shape index (κ2) is 65.8. The molecule has 448 valence electrons. The Bertz CT molecular complexity index is 1530. The van der Waals surface area contributed by atoms with E-state index < -0.39 is 6.10 Å². The molecule has 0 bridgehead atoms. The monoisotopic (exact) mass is 1080 g/mol. The summed E-state index contributed by atoms with van der Waals surface area (Å²) in [5, 5.41) is 0. The molecule has 0 aliphatic carbocycles. The molecule has 0 fully saturated rings. The molecule has 0 amide bonds. The highest BCUT2D eigenvalue weighted by Gasteiger charge is 2.19. The summed E-state index contributed by atoms with van der Waals surface area (Å²) in [5.41, 5.74) is 0. The largest absolute Gasteiger partial charge is 0.462 e. The number of carbonyl (C=O) groups is 3. The lowest BCUT2D eigenvalue weighted by Crippen LogP contribution is -2.30. The van der Waals surface area contributed by atoms with Crippen molar-refractivity contribution in [1.29, 1.82) is 0 Å². The lowest BCUT2D eigenvalue weighted by Gasteiger charge is -2.18. The van der Waals surface area contributed by atoms with Gasteiger partial charge in [0.1, 0.15) is 13.2 Å². The molecule has 0 radical (unpaired) electrons. The molecular weight excluding hydrogens is 961 g/mol. The second-order valence-electron chi connectivity index (χ2n) is 22.0. The van der Waals surface area contributed by atoms with Crippen LogP contribution in [-0.2, 0) is 28.6 Å². The predicted molar refractivity (Wildman–Crippen MR) is 339 cm³/mol. The van der Waals surface area contributed by atoms with E-state index in [-0.39, 0.29) is 31.1 Å². The molecule has 0 aromatic rings. The van der Waals surface area contributed by atoms with Crippen LogP contribution in [0.1, 0.15) is 323 Å². The van der Waals surface area contributed by atoms with Gasteiger partial charge in [0.25, 0.3) is 0 Å². The van der Waals surface area contributed by atoms with E-state index in [1.165, 1.54) is 148 Å². The van der Waals surface area contributed by atoms with E-state index in [2.05, 4.69) is 118 Å². The first-order valence-electron chi connectivity index (χ1n) is 33.2. The van der Waals surface area contributed by atoms with Crippen LogP contribution >= 0.6 is 0 Å². The molecule has 0 aliphatic rings. The molecule has 6 heteroatoms. The van der Waals surface area contributed by atoms with Gasteiger partial charge in [0.05, 0.1) is 0 Å². The summed E-state index contributed by atoms with van der Waals surface area (Å²) >= 11 is 0. The third kappa shape index (κ3) is 63.2. The zero-order chi connectivity index (χ0) is 56.4. The molecule has 0 aromatic heterocycles. The van der Waals surface area contributed by atoms with Crippen molar-refractivity contribution in [3.63, 3.8) is 0 Å². The van der Waals surface area contributed by atoms with Gasteiger partial charge in [-0.25, -0.2) is 0 Å². The van der Waals surface area contributed by atoms with E-state index in [1.54, 1.807) is 0 Å². The average molecular weight is 1090 g/mol. The van der Waals surface area contributed by atoms with Crippen LogP contribution in [-0.4, -0.2) is 37.2 Å². The summed E-state index contributed by atoms with van der Waals surface area (Å²) in [6.45, 7) is 6.48. The fourth-order valence-electron chi connectivity index (χ4n) is 9.37. The summed E-state index contributed by atoms with van der Waals surface area (Å²) in [6.07, 6.45) is 88.5. The molecule has 0 saturated heterocycles. The minimum atomic E-state index is -0.787. The Morgan fingerprint density at radius 2 is 0.526 bits per heavy atom. The van der Waals surface area contributed by atoms with Gasteiger partial charge in [0.15, 0.2) is 6.10 Å². The van der Waals surface area contributed by atoms with Crippen molar-refractivity contribution in [2.24, 2.45) is 0 Å². The van der Waals surface area contributed by atoms with Crippen molar-refractivity contribution in [2.45, 2.75) is 329 Å².